The summed E-state index contributed by atoms with van der Waals surface area (Å²) in [6.07, 6.45) is 4.42. The van der Waals surface area contributed by atoms with Crippen LogP contribution in [-0.4, -0.2) is 84.0 Å². The van der Waals surface area contributed by atoms with Crippen LogP contribution in [0.15, 0.2) is 48.5 Å². The number of piperidine rings is 1. The number of carboxylic acids is 1. The van der Waals surface area contributed by atoms with Crippen molar-refractivity contribution in [3.8, 4) is 0 Å². The van der Waals surface area contributed by atoms with Crippen LogP contribution in [-0.2, 0) is 19.6 Å². The summed E-state index contributed by atoms with van der Waals surface area (Å²) >= 11 is 12.8. The molecule has 5 rings (SSSR count). The van der Waals surface area contributed by atoms with Crippen LogP contribution in [0.2, 0.25) is 10.0 Å². The predicted octanol–water partition coefficient (Wildman–Crippen LogP) is 6.62. The lowest BCUT2D eigenvalue weighted by Crippen LogP contribution is -2.59. The van der Waals surface area contributed by atoms with E-state index in [2.05, 4.69) is 4.90 Å². The molecule has 0 aromatic heterocycles. The van der Waals surface area contributed by atoms with Crippen molar-refractivity contribution >= 4 is 57.5 Å². The van der Waals surface area contributed by atoms with E-state index >= 15 is 4.79 Å². The Morgan fingerprint density at radius 3 is 2.31 bits per heavy atom. The van der Waals surface area contributed by atoms with E-state index < -0.39 is 33.5 Å². The van der Waals surface area contributed by atoms with Gasteiger partial charge in [-0.2, -0.15) is 0 Å². The smallest absolute Gasteiger partial charge is 0.304 e. The normalized spacial score (nSPS) is 24.9. The molecule has 3 fully saturated rings. The molecular weight excluding hydrogens is 657 g/mol. The molecule has 0 spiro atoms. The maximum Gasteiger partial charge on any atom is 0.304 e. The van der Waals surface area contributed by atoms with Gasteiger partial charge in [-0.25, -0.2) is 12.7 Å². The number of amides is 1. The SMILES string of the molecule is CC[C@@H](CN(C)S(=O)(=O)C1CC1)N1C(=O)[C@@](CCN2CCCC2)(CC(=O)O)C[C@H](c2cccc(Cl)c2)[C@H]1c1ccc(Cl)cc1.Cl. The van der Waals surface area contributed by atoms with Gasteiger partial charge in [0.05, 0.1) is 23.1 Å². The van der Waals surface area contributed by atoms with Crippen molar-refractivity contribution in [2.45, 2.75) is 81.5 Å². The number of halogens is 3. The molecule has 4 atom stereocenters. The third-order valence-electron chi connectivity index (χ3n) is 9.78. The Morgan fingerprint density at radius 1 is 1.07 bits per heavy atom. The van der Waals surface area contributed by atoms with Crippen molar-refractivity contribution < 1.29 is 23.1 Å². The number of likely N-dealkylation sites (tertiary alicyclic amines) is 2. The summed E-state index contributed by atoms with van der Waals surface area (Å²) in [4.78, 5) is 31.8. The molecule has 1 N–H and O–H groups in total. The molecule has 1 amide bonds. The molecule has 1 saturated carbocycles. The first-order chi connectivity index (χ1) is 20.9. The summed E-state index contributed by atoms with van der Waals surface area (Å²) in [5, 5.41) is 11.0. The van der Waals surface area contributed by atoms with Crippen LogP contribution in [0.3, 0.4) is 0 Å². The van der Waals surface area contributed by atoms with E-state index in [0.717, 1.165) is 37.1 Å². The van der Waals surface area contributed by atoms with E-state index in [1.807, 2.05) is 42.2 Å². The number of likely N-dealkylation sites (N-methyl/N-ethyl adjacent to an activating group) is 1. The van der Waals surface area contributed by atoms with E-state index in [1.165, 1.54) is 4.31 Å². The summed E-state index contributed by atoms with van der Waals surface area (Å²) in [6, 6.07) is 14.0. The van der Waals surface area contributed by atoms with E-state index in [1.54, 1.807) is 25.2 Å². The molecule has 8 nitrogen and oxygen atoms in total. The fourth-order valence-electron chi connectivity index (χ4n) is 7.24. The molecule has 1 aliphatic carbocycles. The maximum atomic E-state index is 15.1. The Hall–Kier alpha value is -1.88. The van der Waals surface area contributed by atoms with Gasteiger partial charge in [0.2, 0.25) is 15.9 Å². The van der Waals surface area contributed by atoms with E-state index in [0.29, 0.717) is 48.7 Å². The molecule has 2 heterocycles. The minimum absolute atomic E-state index is 0. The molecule has 0 unspecified atom stereocenters. The van der Waals surface area contributed by atoms with Crippen LogP contribution in [0.5, 0.6) is 0 Å². The second-order valence-electron chi connectivity index (χ2n) is 12.8. The number of hydrogen-bond acceptors (Lipinski definition) is 5. The Kier molecular flexibility index (Phi) is 11.9. The molecule has 2 aliphatic heterocycles. The minimum atomic E-state index is -3.50. The summed E-state index contributed by atoms with van der Waals surface area (Å²) in [6.45, 7) is 4.60. The van der Waals surface area contributed by atoms with Gasteiger partial charge in [-0.3, -0.25) is 9.59 Å². The lowest BCUT2D eigenvalue weighted by atomic mass is 9.64. The first-order valence-corrected chi connectivity index (χ1v) is 17.9. The van der Waals surface area contributed by atoms with Crippen LogP contribution < -0.4 is 0 Å². The van der Waals surface area contributed by atoms with E-state index in [9.17, 15) is 18.3 Å². The van der Waals surface area contributed by atoms with Crippen molar-refractivity contribution in [1.82, 2.24) is 14.1 Å². The van der Waals surface area contributed by atoms with Crippen molar-refractivity contribution in [2.75, 3.05) is 33.2 Å². The van der Waals surface area contributed by atoms with Gasteiger partial charge >= 0.3 is 5.97 Å². The zero-order chi connectivity index (χ0) is 31.6. The highest BCUT2D eigenvalue weighted by Crippen LogP contribution is 2.54. The molecular formula is C33H44Cl3N3O5S. The highest BCUT2D eigenvalue weighted by Gasteiger charge is 2.55. The second-order valence-corrected chi connectivity index (χ2v) is 16.0. The van der Waals surface area contributed by atoms with Crippen LogP contribution in [0.25, 0.3) is 0 Å². The van der Waals surface area contributed by atoms with Crippen LogP contribution >= 0.6 is 35.6 Å². The highest BCUT2D eigenvalue weighted by atomic mass is 35.5. The zero-order valence-corrected chi connectivity index (χ0v) is 29.1. The Bertz CT molecular complexity index is 1450. The third-order valence-corrected chi connectivity index (χ3v) is 12.6. The molecule has 12 heteroatoms. The number of benzene rings is 2. The fourth-order valence-corrected chi connectivity index (χ4v) is 9.19. The monoisotopic (exact) mass is 699 g/mol. The number of nitrogens with zero attached hydrogens (tertiary/aromatic N) is 3. The van der Waals surface area contributed by atoms with Gasteiger partial charge in [-0.1, -0.05) is 54.4 Å². The van der Waals surface area contributed by atoms with Gasteiger partial charge < -0.3 is 14.9 Å². The van der Waals surface area contributed by atoms with Gasteiger partial charge in [-0.05, 0) is 100.0 Å². The van der Waals surface area contributed by atoms with E-state index in [-0.39, 0.29) is 42.4 Å². The average Bonchev–Trinajstić information content (AvgIpc) is 3.73. The molecule has 45 heavy (non-hydrogen) atoms. The number of rotatable bonds is 13. The van der Waals surface area contributed by atoms with Crippen LogP contribution in [0.4, 0.5) is 0 Å². The number of carboxylic acid groups (broad SMARTS) is 1. The minimum Gasteiger partial charge on any atom is -0.481 e. The van der Waals surface area contributed by atoms with Gasteiger partial charge in [0.1, 0.15) is 0 Å². The van der Waals surface area contributed by atoms with Crippen LogP contribution in [0, 0.1) is 5.41 Å². The standard InChI is InChI=1S/C33H43Cl2N3O5S.ClH/c1-3-27(22-36(2)44(42,43)28-13-14-28)38-31(23-9-11-25(34)12-10-23)29(24-7-6-8-26(35)19-24)20-33(32(38)41,21-30(39)40)15-18-37-16-4-5-17-37;/h6-12,19,27-29,31H,3-5,13-18,20-22H2,1-2H3,(H,39,40);1H/t27-,29+,31+,33+;/m0./s1. The van der Waals surface area contributed by atoms with E-state index in [4.69, 9.17) is 23.2 Å². The first-order valence-electron chi connectivity index (χ1n) is 15.7. The second kappa shape index (κ2) is 14.9. The molecule has 248 valence electrons. The maximum absolute atomic E-state index is 15.1. The molecule has 0 radical (unpaired) electrons. The topological polar surface area (TPSA) is 98.2 Å². The predicted molar refractivity (Wildman–Crippen MR) is 181 cm³/mol. The van der Waals surface area contributed by atoms with Crippen LogP contribution in [0.1, 0.15) is 81.4 Å². The highest BCUT2D eigenvalue weighted by molar-refractivity contribution is 7.90. The van der Waals surface area contributed by atoms with Gasteiger partial charge in [0, 0.05) is 35.6 Å². The molecule has 3 aliphatic rings. The molecule has 2 saturated heterocycles. The number of carbonyl (C=O) groups excluding carboxylic acids is 1. The van der Waals surface area contributed by atoms with Crippen molar-refractivity contribution in [3.05, 3.63) is 69.7 Å². The quantitative estimate of drug-likeness (QED) is 0.252. The van der Waals surface area contributed by atoms with Gasteiger partial charge in [-0.15, -0.1) is 12.4 Å². The van der Waals surface area contributed by atoms with Crippen molar-refractivity contribution in [1.29, 1.82) is 0 Å². The Morgan fingerprint density at radius 2 is 1.73 bits per heavy atom. The summed E-state index contributed by atoms with van der Waals surface area (Å²) in [7, 11) is -1.90. The Labute approximate surface area is 283 Å². The number of carbonyl (C=O) groups is 2. The summed E-state index contributed by atoms with van der Waals surface area (Å²) in [5.74, 6) is -1.53. The molecule has 0 bridgehead atoms. The zero-order valence-electron chi connectivity index (χ0n) is 25.9. The summed E-state index contributed by atoms with van der Waals surface area (Å²) < 4.78 is 27.9. The number of sulfonamides is 1. The fraction of sp³-hybridized carbons (Fsp3) is 0.576. The van der Waals surface area contributed by atoms with Gasteiger partial charge in [0.15, 0.2) is 0 Å². The third kappa shape index (κ3) is 7.99. The van der Waals surface area contributed by atoms with Gasteiger partial charge in [0.25, 0.3) is 0 Å². The average molecular weight is 701 g/mol. The first kappa shape index (κ1) is 36.0. The lowest BCUT2D eigenvalue weighted by Gasteiger charge is -2.53. The summed E-state index contributed by atoms with van der Waals surface area (Å²) in [5.41, 5.74) is 0.605. The number of hydrogen-bond donors (Lipinski definition) is 1. The largest absolute Gasteiger partial charge is 0.481 e. The van der Waals surface area contributed by atoms with Crippen molar-refractivity contribution in [2.24, 2.45) is 5.41 Å². The molecule has 2 aromatic rings. The Balaban J connectivity index is 0.00000461. The number of aliphatic carboxylic acids is 1. The molecule has 2 aromatic carbocycles. The van der Waals surface area contributed by atoms with Crippen molar-refractivity contribution in [3.63, 3.8) is 0 Å². The lowest BCUT2D eigenvalue weighted by molar-refractivity contribution is -0.163.